The average molecular weight is 444 g/mol. The van der Waals surface area contributed by atoms with Gasteiger partial charge in [0.1, 0.15) is 12.4 Å². The molecule has 0 aliphatic carbocycles. The van der Waals surface area contributed by atoms with Gasteiger partial charge in [0.15, 0.2) is 0 Å². The van der Waals surface area contributed by atoms with Crippen molar-refractivity contribution in [3.8, 4) is 5.75 Å². The summed E-state index contributed by atoms with van der Waals surface area (Å²) in [7, 11) is 1.55. The van der Waals surface area contributed by atoms with Gasteiger partial charge in [-0.15, -0.1) is 0 Å². The first kappa shape index (κ1) is 21.3. The smallest absolute Gasteiger partial charge is 0.410 e. The van der Waals surface area contributed by atoms with Crippen LogP contribution in [0.2, 0.25) is 5.02 Å². The van der Waals surface area contributed by atoms with Crippen molar-refractivity contribution in [2.75, 3.05) is 32.1 Å². The van der Waals surface area contributed by atoms with Crippen molar-refractivity contribution < 1.29 is 19.1 Å². The first-order valence-electron chi connectivity index (χ1n) is 10.4. The first-order valence-corrected chi connectivity index (χ1v) is 10.8. The van der Waals surface area contributed by atoms with E-state index in [0.717, 1.165) is 6.42 Å². The van der Waals surface area contributed by atoms with Crippen molar-refractivity contribution in [3.05, 3.63) is 59.1 Å². The molecule has 2 aliphatic rings. The lowest BCUT2D eigenvalue weighted by Gasteiger charge is -2.37. The van der Waals surface area contributed by atoms with Crippen molar-refractivity contribution in [2.45, 2.75) is 31.3 Å². The standard InChI is InChI=1S/C23H26ClN3O4/c1-30-21-8-7-17(24)14-20(21)25-22(28)26-11-9-18(10-12-26)27-19(15-31-23(27)29)13-16-5-3-2-4-6-16/h2-8,14,18-19H,9-13,15H2,1H3,(H,25,28). The Labute approximate surface area is 186 Å². The van der Waals surface area contributed by atoms with Gasteiger partial charge in [-0.3, -0.25) is 4.90 Å². The summed E-state index contributed by atoms with van der Waals surface area (Å²) in [5.74, 6) is 0.552. The number of halogens is 1. The van der Waals surface area contributed by atoms with E-state index in [1.54, 1.807) is 30.2 Å². The van der Waals surface area contributed by atoms with Crippen LogP contribution in [0.3, 0.4) is 0 Å². The number of piperidine rings is 1. The van der Waals surface area contributed by atoms with E-state index >= 15 is 0 Å². The van der Waals surface area contributed by atoms with Gasteiger partial charge in [-0.1, -0.05) is 41.9 Å². The van der Waals surface area contributed by atoms with Crippen molar-refractivity contribution in [1.82, 2.24) is 9.80 Å². The molecule has 0 radical (unpaired) electrons. The summed E-state index contributed by atoms with van der Waals surface area (Å²) in [4.78, 5) is 28.8. The molecule has 7 nitrogen and oxygen atoms in total. The third kappa shape index (κ3) is 4.88. The first-order chi connectivity index (χ1) is 15.0. The highest BCUT2D eigenvalue weighted by Gasteiger charge is 2.39. The molecule has 1 atom stereocenters. The average Bonchev–Trinajstić information content (AvgIpc) is 3.14. The Morgan fingerprint density at radius 2 is 1.94 bits per heavy atom. The van der Waals surface area contributed by atoms with Crippen LogP contribution in [0.4, 0.5) is 15.3 Å². The Morgan fingerprint density at radius 1 is 1.19 bits per heavy atom. The van der Waals surface area contributed by atoms with Gasteiger partial charge in [0.05, 0.1) is 18.8 Å². The Morgan fingerprint density at radius 3 is 2.65 bits per heavy atom. The lowest BCUT2D eigenvalue weighted by Crippen LogP contribution is -2.51. The lowest BCUT2D eigenvalue weighted by atomic mass is 9.99. The fourth-order valence-electron chi connectivity index (χ4n) is 4.28. The number of nitrogens with zero attached hydrogens (tertiary/aromatic N) is 2. The Bertz CT molecular complexity index is 932. The Kier molecular flexibility index (Phi) is 6.51. The number of amides is 3. The monoisotopic (exact) mass is 443 g/mol. The number of ether oxygens (including phenoxy) is 2. The van der Waals surface area contributed by atoms with Gasteiger partial charge < -0.3 is 19.7 Å². The van der Waals surface area contributed by atoms with Gasteiger partial charge in [-0.2, -0.15) is 0 Å². The Balaban J connectivity index is 1.36. The van der Waals surface area contributed by atoms with E-state index in [0.29, 0.717) is 49.0 Å². The molecular formula is C23H26ClN3O4. The minimum absolute atomic E-state index is 0.0241. The number of carbonyl (C=O) groups is 2. The molecule has 0 spiro atoms. The second-order valence-electron chi connectivity index (χ2n) is 7.82. The fourth-order valence-corrected chi connectivity index (χ4v) is 4.45. The normalized spacial score (nSPS) is 19.3. The maximum Gasteiger partial charge on any atom is 0.410 e. The maximum atomic E-state index is 12.8. The SMILES string of the molecule is COc1ccc(Cl)cc1NC(=O)N1CCC(N2C(=O)OCC2Cc2ccccc2)CC1. The van der Waals surface area contributed by atoms with E-state index in [4.69, 9.17) is 21.1 Å². The van der Waals surface area contributed by atoms with Crippen molar-refractivity contribution in [2.24, 2.45) is 0 Å². The molecule has 1 unspecified atom stereocenters. The lowest BCUT2D eigenvalue weighted by molar-refractivity contribution is 0.116. The minimum Gasteiger partial charge on any atom is -0.495 e. The Hall–Kier alpha value is -2.93. The quantitative estimate of drug-likeness (QED) is 0.743. The van der Waals surface area contributed by atoms with Crippen LogP contribution >= 0.6 is 11.6 Å². The predicted molar refractivity (Wildman–Crippen MR) is 119 cm³/mol. The summed E-state index contributed by atoms with van der Waals surface area (Å²) in [5, 5.41) is 3.40. The highest BCUT2D eigenvalue weighted by molar-refractivity contribution is 6.31. The topological polar surface area (TPSA) is 71.1 Å². The van der Waals surface area contributed by atoms with Gasteiger partial charge in [0, 0.05) is 24.2 Å². The van der Waals surface area contributed by atoms with Gasteiger partial charge in [-0.25, -0.2) is 9.59 Å². The number of nitrogens with one attached hydrogen (secondary N) is 1. The number of likely N-dealkylation sites (tertiary alicyclic amines) is 1. The largest absolute Gasteiger partial charge is 0.495 e. The summed E-state index contributed by atoms with van der Waals surface area (Å²) in [5.41, 5.74) is 1.72. The number of hydrogen-bond acceptors (Lipinski definition) is 4. The molecule has 164 valence electrons. The molecule has 4 rings (SSSR count). The van der Waals surface area contributed by atoms with Gasteiger partial charge >= 0.3 is 12.1 Å². The summed E-state index contributed by atoms with van der Waals surface area (Å²) in [6.45, 7) is 1.52. The van der Waals surface area contributed by atoms with Crippen molar-refractivity contribution in [1.29, 1.82) is 0 Å². The number of hydrogen-bond donors (Lipinski definition) is 1. The number of anilines is 1. The van der Waals surface area contributed by atoms with E-state index in [2.05, 4.69) is 17.4 Å². The second-order valence-corrected chi connectivity index (χ2v) is 8.26. The van der Waals surface area contributed by atoms with Crippen molar-refractivity contribution in [3.63, 3.8) is 0 Å². The van der Waals surface area contributed by atoms with Gasteiger partial charge in [-0.05, 0) is 43.0 Å². The molecular weight excluding hydrogens is 418 g/mol. The summed E-state index contributed by atoms with van der Waals surface area (Å²) < 4.78 is 10.7. The molecule has 2 aromatic carbocycles. The number of urea groups is 1. The molecule has 31 heavy (non-hydrogen) atoms. The van der Waals surface area contributed by atoms with Crippen LogP contribution in [-0.2, 0) is 11.2 Å². The number of rotatable bonds is 5. The number of methoxy groups -OCH3 is 1. The van der Waals surface area contributed by atoms with E-state index in [-0.39, 0.29) is 24.2 Å². The third-order valence-electron chi connectivity index (χ3n) is 5.87. The summed E-state index contributed by atoms with van der Waals surface area (Å²) >= 11 is 6.05. The second kappa shape index (κ2) is 9.47. The number of carbonyl (C=O) groups excluding carboxylic acids is 2. The molecule has 1 N–H and O–H groups in total. The third-order valence-corrected chi connectivity index (χ3v) is 6.10. The zero-order chi connectivity index (χ0) is 21.8. The molecule has 8 heteroatoms. The molecule has 2 aliphatic heterocycles. The van der Waals surface area contributed by atoms with Gasteiger partial charge in [0.25, 0.3) is 0 Å². The summed E-state index contributed by atoms with van der Waals surface area (Å²) in [6.07, 6.45) is 1.93. The van der Waals surface area contributed by atoms with Crippen LogP contribution in [0.15, 0.2) is 48.5 Å². The zero-order valence-corrected chi connectivity index (χ0v) is 18.2. The molecule has 2 heterocycles. The predicted octanol–water partition coefficient (Wildman–Crippen LogP) is 4.41. The van der Waals surface area contributed by atoms with Crippen LogP contribution in [0.1, 0.15) is 18.4 Å². The molecule has 3 amide bonds. The van der Waals surface area contributed by atoms with E-state index in [1.807, 2.05) is 23.1 Å². The molecule has 2 fully saturated rings. The van der Waals surface area contributed by atoms with Crippen LogP contribution in [0, 0.1) is 0 Å². The summed E-state index contributed by atoms with van der Waals surface area (Å²) in [6, 6.07) is 15.1. The van der Waals surface area contributed by atoms with Gasteiger partial charge in [0.2, 0.25) is 0 Å². The zero-order valence-electron chi connectivity index (χ0n) is 17.4. The number of benzene rings is 2. The molecule has 0 bridgehead atoms. The molecule has 0 saturated carbocycles. The van der Waals surface area contributed by atoms with E-state index in [1.165, 1.54) is 5.56 Å². The number of cyclic esters (lactones) is 1. The molecule has 2 aromatic rings. The maximum absolute atomic E-state index is 12.8. The highest BCUT2D eigenvalue weighted by Crippen LogP contribution is 2.29. The van der Waals surface area contributed by atoms with E-state index in [9.17, 15) is 9.59 Å². The van der Waals surface area contributed by atoms with Crippen LogP contribution in [0.5, 0.6) is 5.75 Å². The highest BCUT2D eigenvalue weighted by atomic mass is 35.5. The van der Waals surface area contributed by atoms with Crippen LogP contribution < -0.4 is 10.1 Å². The fraction of sp³-hybridized carbons (Fsp3) is 0.391. The minimum atomic E-state index is -0.257. The van der Waals surface area contributed by atoms with Crippen molar-refractivity contribution >= 4 is 29.4 Å². The molecule has 2 saturated heterocycles. The van der Waals surface area contributed by atoms with Crippen LogP contribution in [-0.4, -0.2) is 60.8 Å². The van der Waals surface area contributed by atoms with Crippen LogP contribution in [0.25, 0.3) is 0 Å². The van der Waals surface area contributed by atoms with E-state index < -0.39 is 0 Å². The molecule has 0 aromatic heterocycles.